The second-order valence-electron chi connectivity index (χ2n) is 10.6. The molecule has 0 radical (unpaired) electrons. The van der Waals surface area contributed by atoms with Crippen molar-refractivity contribution in [2.45, 2.75) is 118 Å². The minimum Gasteiger partial charge on any atom is -0.466 e. The normalized spacial score (nSPS) is 12.8. The van der Waals surface area contributed by atoms with Crippen molar-refractivity contribution < 1.29 is 23.7 Å². The van der Waals surface area contributed by atoms with Crippen LogP contribution >= 0.6 is 0 Å². The van der Waals surface area contributed by atoms with Crippen LogP contribution in [0.25, 0.3) is 0 Å². The molecule has 0 saturated heterocycles. The van der Waals surface area contributed by atoms with Gasteiger partial charge >= 0.3 is 5.97 Å². The zero-order valence-corrected chi connectivity index (χ0v) is 22.8. The van der Waals surface area contributed by atoms with Gasteiger partial charge in [-0.15, -0.1) is 0 Å². The van der Waals surface area contributed by atoms with Gasteiger partial charge in [-0.2, -0.15) is 0 Å². The molecule has 1 atom stereocenters. The van der Waals surface area contributed by atoms with Crippen molar-refractivity contribution in [1.29, 1.82) is 0 Å². The smallest absolute Gasteiger partial charge is 0.305 e. The molecule has 0 heterocycles. The van der Waals surface area contributed by atoms with E-state index in [0.717, 1.165) is 25.9 Å². The number of hydrogen-bond donors (Lipinski definition) is 0. The van der Waals surface area contributed by atoms with E-state index in [9.17, 15) is 4.79 Å². The molecule has 0 bridgehead atoms. The lowest BCUT2D eigenvalue weighted by molar-refractivity contribution is -0.144. The predicted octanol–water partition coefficient (Wildman–Crippen LogP) is 7.35. The highest BCUT2D eigenvalue weighted by atomic mass is 16.5. The maximum absolute atomic E-state index is 11.8. The Morgan fingerprint density at radius 2 is 1.15 bits per heavy atom. The first-order valence-electron chi connectivity index (χ1n) is 13.7. The van der Waals surface area contributed by atoms with Gasteiger partial charge in [0, 0.05) is 19.6 Å². The molecule has 0 aromatic heterocycles. The quantitative estimate of drug-likeness (QED) is 0.109. The standard InChI is InChI=1S/C28H56O5/c1-6-7-8-9-10-11-12-13-14-18-30-21-23-32-24-22-31-19-15-16-27(29)33-20-17-26(2)25-28(3,4)5/h26H,6-25H2,1-5H3. The first-order valence-corrected chi connectivity index (χ1v) is 13.7. The van der Waals surface area contributed by atoms with Gasteiger partial charge in [-0.1, -0.05) is 86.0 Å². The van der Waals surface area contributed by atoms with Gasteiger partial charge in [-0.25, -0.2) is 0 Å². The summed E-state index contributed by atoms with van der Waals surface area (Å²) in [6.45, 7) is 15.5. The summed E-state index contributed by atoms with van der Waals surface area (Å²) < 4.78 is 22.0. The van der Waals surface area contributed by atoms with E-state index >= 15 is 0 Å². The maximum Gasteiger partial charge on any atom is 0.305 e. The second-order valence-corrected chi connectivity index (χ2v) is 10.6. The summed E-state index contributed by atoms with van der Waals surface area (Å²) in [6.07, 6.45) is 15.2. The van der Waals surface area contributed by atoms with Crippen LogP contribution < -0.4 is 0 Å². The Bertz CT molecular complexity index is 419. The van der Waals surface area contributed by atoms with Gasteiger partial charge in [0.05, 0.1) is 33.0 Å². The Hall–Kier alpha value is -0.650. The topological polar surface area (TPSA) is 54.0 Å². The van der Waals surface area contributed by atoms with Crippen LogP contribution in [0.3, 0.4) is 0 Å². The third-order valence-corrected chi connectivity index (χ3v) is 5.64. The highest BCUT2D eigenvalue weighted by Gasteiger charge is 2.15. The molecular weight excluding hydrogens is 416 g/mol. The lowest BCUT2D eigenvalue weighted by atomic mass is 9.84. The van der Waals surface area contributed by atoms with Crippen LogP contribution in [0.1, 0.15) is 118 Å². The zero-order chi connectivity index (χ0) is 24.6. The fourth-order valence-corrected chi connectivity index (χ4v) is 3.97. The van der Waals surface area contributed by atoms with Crippen molar-refractivity contribution in [2.24, 2.45) is 11.3 Å². The van der Waals surface area contributed by atoms with Crippen molar-refractivity contribution in [2.75, 3.05) is 46.2 Å². The zero-order valence-electron chi connectivity index (χ0n) is 22.8. The number of esters is 1. The number of hydrogen-bond acceptors (Lipinski definition) is 5. The van der Waals surface area contributed by atoms with E-state index in [-0.39, 0.29) is 5.97 Å². The lowest BCUT2D eigenvalue weighted by Crippen LogP contribution is -2.14. The summed E-state index contributed by atoms with van der Waals surface area (Å²) in [4.78, 5) is 11.8. The Morgan fingerprint density at radius 1 is 0.667 bits per heavy atom. The van der Waals surface area contributed by atoms with Crippen LogP contribution in [0.15, 0.2) is 0 Å². The van der Waals surface area contributed by atoms with Gasteiger partial charge in [0.2, 0.25) is 0 Å². The first-order chi connectivity index (χ1) is 15.8. The maximum atomic E-state index is 11.8. The third kappa shape index (κ3) is 27.5. The summed E-state index contributed by atoms with van der Waals surface area (Å²) in [6, 6.07) is 0. The van der Waals surface area contributed by atoms with E-state index in [1.165, 1.54) is 51.4 Å². The fraction of sp³-hybridized carbons (Fsp3) is 0.964. The van der Waals surface area contributed by atoms with Crippen molar-refractivity contribution in [3.05, 3.63) is 0 Å². The largest absolute Gasteiger partial charge is 0.466 e. The molecule has 0 rings (SSSR count). The van der Waals surface area contributed by atoms with E-state index in [4.69, 9.17) is 18.9 Å². The van der Waals surface area contributed by atoms with Crippen molar-refractivity contribution in [3.8, 4) is 0 Å². The van der Waals surface area contributed by atoms with Crippen LogP contribution in [0.5, 0.6) is 0 Å². The molecule has 5 nitrogen and oxygen atoms in total. The summed E-state index contributed by atoms with van der Waals surface area (Å²) in [7, 11) is 0. The summed E-state index contributed by atoms with van der Waals surface area (Å²) in [5.41, 5.74) is 0.324. The molecular formula is C28H56O5. The summed E-state index contributed by atoms with van der Waals surface area (Å²) >= 11 is 0. The SMILES string of the molecule is CCCCCCCCCCCOCCOCCOCCCC(=O)OCCC(C)CC(C)(C)C. The number of carbonyl (C=O) groups excluding carboxylic acids is 1. The number of rotatable bonds is 24. The Morgan fingerprint density at radius 3 is 1.70 bits per heavy atom. The molecule has 0 saturated carbocycles. The molecule has 1 unspecified atom stereocenters. The van der Waals surface area contributed by atoms with E-state index in [1.54, 1.807) is 0 Å². The average Bonchev–Trinajstić information content (AvgIpc) is 2.74. The van der Waals surface area contributed by atoms with Crippen LogP contribution in [0.4, 0.5) is 0 Å². The minimum absolute atomic E-state index is 0.123. The molecule has 0 aromatic carbocycles. The van der Waals surface area contributed by atoms with Gasteiger partial charge in [-0.05, 0) is 37.0 Å². The molecule has 0 spiro atoms. The Balaban J connectivity index is 3.22. The molecule has 198 valence electrons. The summed E-state index contributed by atoms with van der Waals surface area (Å²) in [5.74, 6) is 0.448. The van der Waals surface area contributed by atoms with E-state index in [2.05, 4.69) is 34.6 Å². The Labute approximate surface area is 205 Å². The molecule has 0 amide bonds. The molecule has 33 heavy (non-hydrogen) atoms. The van der Waals surface area contributed by atoms with E-state index < -0.39 is 0 Å². The molecule has 0 aliphatic rings. The molecule has 0 aliphatic carbocycles. The minimum atomic E-state index is -0.123. The number of unbranched alkanes of at least 4 members (excludes halogenated alkanes) is 8. The van der Waals surface area contributed by atoms with Crippen LogP contribution in [-0.4, -0.2) is 52.2 Å². The highest BCUT2D eigenvalue weighted by Crippen LogP contribution is 2.25. The van der Waals surface area contributed by atoms with Crippen LogP contribution in [-0.2, 0) is 23.7 Å². The Kier molecular flexibility index (Phi) is 22.7. The van der Waals surface area contributed by atoms with E-state index in [1.807, 2.05) is 0 Å². The highest BCUT2D eigenvalue weighted by molar-refractivity contribution is 5.69. The molecule has 5 heteroatoms. The average molecular weight is 473 g/mol. The van der Waals surface area contributed by atoms with Gasteiger partial charge in [0.25, 0.3) is 0 Å². The third-order valence-electron chi connectivity index (χ3n) is 5.64. The van der Waals surface area contributed by atoms with Crippen molar-refractivity contribution >= 4 is 5.97 Å². The second kappa shape index (κ2) is 23.1. The molecule has 0 N–H and O–H groups in total. The lowest BCUT2D eigenvalue weighted by Gasteiger charge is -2.22. The van der Waals surface area contributed by atoms with Crippen molar-refractivity contribution in [1.82, 2.24) is 0 Å². The molecule has 0 fully saturated rings. The predicted molar refractivity (Wildman–Crippen MR) is 138 cm³/mol. The van der Waals surface area contributed by atoms with Gasteiger partial charge in [0.1, 0.15) is 0 Å². The summed E-state index contributed by atoms with van der Waals surface area (Å²) in [5, 5.41) is 0. The fourth-order valence-electron chi connectivity index (χ4n) is 3.97. The van der Waals surface area contributed by atoms with Crippen LogP contribution in [0, 0.1) is 11.3 Å². The molecule has 0 aromatic rings. The van der Waals surface area contributed by atoms with Gasteiger partial charge in [0.15, 0.2) is 0 Å². The van der Waals surface area contributed by atoms with Crippen molar-refractivity contribution in [3.63, 3.8) is 0 Å². The van der Waals surface area contributed by atoms with Gasteiger partial charge in [-0.3, -0.25) is 4.79 Å². The van der Waals surface area contributed by atoms with Crippen LogP contribution in [0.2, 0.25) is 0 Å². The molecule has 0 aliphatic heterocycles. The first kappa shape index (κ1) is 32.4. The number of ether oxygens (including phenoxy) is 4. The number of carbonyl (C=O) groups is 1. The monoisotopic (exact) mass is 472 g/mol. The van der Waals surface area contributed by atoms with E-state index in [0.29, 0.717) is 63.8 Å². The van der Waals surface area contributed by atoms with Gasteiger partial charge < -0.3 is 18.9 Å².